The number of rotatable bonds is 5. The Hall–Kier alpha value is -2.21. The van der Waals surface area contributed by atoms with E-state index in [2.05, 4.69) is 21.2 Å². The topological polar surface area (TPSA) is 138 Å². The molecule has 28 heavy (non-hydrogen) atoms. The summed E-state index contributed by atoms with van der Waals surface area (Å²) in [5, 5.41) is 2.16. The molecule has 0 bridgehead atoms. The summed E-state index contributed by atoms with van der Waals surface area (Å²) in [6, 6.07) is -0.840. The van der Waals surface area contributed by atoms with E-state index >= 15 is 0 Å². The molecule has 2 heterocycles. The molecule has 0 radical (unpaired) electrons. The highest BCUT2D eigenvalue weighted by atomic mass is 79.9. The van der Waals surface area contributed by atoms with Crippen molar-refractivity contribution in [3.8, 4) is 0 Å². The van der Waals surface area contributed by atoms with Crippen LogP contribution in [0.1, 0.15) is 34.1 Å². The fraction of sp³-hybridized carbons (Fsp3) is 0.688. The Morgan fingerprint density at radius 2 is 1.79 bits per heavy atom. The van der Waals surface area contributed by atoms with Gasteiger partial charge in [0.15, 0.2) is 4.32 Å². The van der Waals surface area contributed by atoms with Crippen LogP contribution in [0.5, 0.6) is 0 Å². The summed E-state index contributed by atoms with van der Waals surface area (Å²) >= 11 is 3.19. The zero-order valence-electron chi connectivity index (χ0n) is 15.7. The van der Waals surface area contributed by atoms with Crippen LogP contribution < -0.4 is 5.32 Å². The van der Waals surface area contributed by atoms with E-state index in [0.717, 1.165) is 11.8 Å². The smallest absolute Gasteiger partial charge is 0.329 e. The number of esters is 3. The second kappa shape index (κ2) is 8.43. The maximum atomic E-state index is 12.5. The second-order valence-corrected chi connectivity index (χ2v) is 8.17. The van der Waals surface area contributed by atoms with Crippen LogP contribution in [0.25, 0.3) is 0 Å². The van der Waals surface area contributed by atoms with E-state index < -0.39 is 58.8 Å². The van der Waals surface area contributed by atoms with Crippen LogP contribution in [0.4, 0.5) is 4.79 Å². The molecule has 2 rings (SSSR count). The lowest BCUT2D eigenvalue weighted by Crippen LogP contribution is -2.69. The van der Waals surface area contributed by atoms with Gasteiger partial charge in [0.05, 0.1) is 0 Å². The average Bonchev–Trinajstić information content (AvgIpc) is 2.92. The fourth-order valence-corrected chi connectivity index (χ4v) is 3.34. The minimum absolute atomic E-state index is 0.0218. The van der Waals surface area contributed by atoms with Crippen molar-refractivity contribution >= 4 is 45.8 Å². The number of amides is 3. The number of alkyl halides is 1. The maximum Gasteiger partial charge on any atom is 0.329 e. The molecule has 0 aromatic heterocycles. The second-order valence-electron chi connectivity index (χ2n) is 6.52. The molecule has 0 aliphatic carbocycles. The SMILES string of the molecule is CC(=O)OCC1OC(N2C(=O)NC(=O)C(C)(Br)C2OC(C)=O)CC1OC(C)=O. The molecular weight excluding hydrogens is 444 g/mol. The van der Waals surface area contributed by atoms with Gasteiger partial charge in [0.2, 0.25) is 12.1 Å². The highest BCUT2D eigenvalue weighted by Crippen LogP contribution is 2.36. The lowest BCUT2D eigenvalue weighted by atomic mass is 10.0. The number of hydrogen-bond acceptors (Lipinski definition) is 9. The predicted molar refractivity (Wildman–Crippen MR) is 93.7 cm³/mol. The normalized spacial score (nSPS) is 32.5. The maximum absolute atomic E-state index is 12.5. The minimum atomic E-state index is -1.44. The third kappa shape index (κ3) is 4.79. The zero-order chi connectivity index (χ0) is 21.2. The van der Waals surface area contributed by atoms with Gasteiger partial charge >= 0.3 is 23.9 Å². The van der Waals surface area contributed by atoms with Crippen molar-refractivity contribution in [2.24, 2.45) is 0 Å². The number of carbonyl (C=O) groups excluding carboxylic acids is 5. The molecule has 11 nitrogen and oxygen atoms in total. The van der Waals surface area contributed by atoms with E-state index in [1.807, 2.05) is 0 Å². The monoisotopic (exact) mass is 464 g/mol. The molecule has 156 valence electrons. The van der Waals surface area contributed by atoms with Gasteiger partial charge in [0.25, 0.3) is 0 Å². The van der Waals surface area contributed by atoms with Gasteiger partial charge in [-0.25, -0.2) is 4.79 Å². The molecule has 2 saturated heterocycles. The first-order chi connectivity index (χ1) is 12.9. The van der Waals surface area contributed by atoms with Crippen molar-refractivity contribution < 1.29 is 42.9 Å². The molecule has 0 saturated carbocycles. The Bertz CT molecular complexity index is 696. The molecule has 12 heteroatoms. The highest BCUT2D eigenvalue weighted by molar-refractivity contribution is 9.10. The van der Waals surface area contributed by atoms with Gasteiger partial charge < -0.3 is 18.9 Å². The first-order valence-electron chi connectivity index (χ1n) is 8.39. The molecule has 3 amide bonds. The Kier molecular flexibility index (Phi) is 6.65. The van der Waals surface area contributed by atoms with Gasteiger partial charge in [-0.15, -0.1) is 0 Å². The van der Waals surface area contributed by atoms with E-state index in [1.165, 1.54) is 20.8 Å². The molecule has 2 aliphatic heterocycles. The predicted octanol–water partition coefficient (Wildman–Crippen LogP) is 0.191. The van der Waals surface area contributed by atoms with E-state index in [-0.39, 0.29) is 13.0 Å². The summed E-state index contributed by atoms with van der Waals surface area (Å²) < 4.78 is 19.7. The third-order valence-corrected chi connectivity index (χ3v) is 4.90. The highest BCUT2D eigenvalue weighted by Gasteiger charge is 2.56. The summed E-state index contributed by atoms with van der Waals surface area (Å²) in [7, 11) is 0. The standard InChI is InChI=1S/C16H21BrN2O9/c1-7(20)25-6-11-10(26-8(2)21)5-12(28-11)19-14(27-9(3)22)16(4,17)13(23)18-15(19)24/h10-12,14H,5-6H2,1-4H3,(H,18,23,24). The van der Waals surface area contributed by atoms with Crippen molar-refractivity contribution in [3.63, 3.8) is 0 Å². The number of imide groups is 1. The number of ether oxygens (including phenoxy) is 4. The lowest BCUT2D eigenvalue weighted by Gasteiger charge is -2.44. The summed E-state index contributed by atoms with van der Waals surface area (Å²) in [5.74, 6) is -2.54. The Balaban J connectivity index is 2.29. The molecule has 0 spiro atoms. The molecule has 0 aromatic rings. The molecule has 1 N–H and O–H groups in total. The zero-order valence-corrected chi connectivity index (χ0v) is 17.3. The quantitative estimate of drug-likeness (QED) is 0.343. The van der Waals surface area contributed by atoms with E-state index in [0.29, 0.717) is 0 Å². The van der Waals surface area contributed by atoms with Crippen LogP contribution >= 0.6 is 15.9 Å². The van der Waals surface area contributed by atoms with Crippen molar-refractivity contribution in [1.29, 1.82) is 0 Å². The van der Waals surface area contributed by atoms with Gasteiger partial charge in [-0.05, 0) is 6.92 Å². The minimum Gasteiger partial charge on any atom is -0.463 e. The summed E-state index contributed by atoms with van der Waals surface area (Å²) in [6.45, 7) is 4.79. The molecule has 2 fully saturated rings. The summed E-state index contributed by atoms with van der Waals surface area (Å²) in [6.07, 6.45) is -3.97. The fourth-order valence-electron chi connectivity index (χ4n) is 2.93. The largest absolute Gasteiger partial charge is 0.463 e. The molecule has 5 atom stereocenters. The van der Waals surface area contributed by atoms with Crippen molar-refractivity contribution in [1.82, 2.24) is 10.2 Å². The van der Waals surface area contributed by atoms with Crippen molar-refractivity contribution in [2.45, 2.75) is 63.1 Å². The number of hydrogen-bond donors (Lipinski definition) is 1. The average molecular weight is 465 g/mol. The van der Waals surface area contributed by atoms with Crippen LogP contribution in [0.15, 0.2) is 0 Å². The van der Waals surface area contributed by atoms with E-state index in [9.17, 15) is 24.0 Å². The van der Waals surface area contributed by atoms with Gasteiger partial charge in [0.1, 0.15) is 25.0 Å². The van der Waals surface area contributed by atoms with E-state index in [1.54, 1.807) is 0 Å². The van der Waals surface area contributed by atoms with Crippen molar-refractivity contribution in [3.05, 3.63) is 0 Å². The van der Waals surface area contributed by atoms with Crippen LogP contribution in [0.3, 0.4) is 0 Å². The van der Waals surface area contributed by atoms with Gasteiger partial charge in [0, 0.05) is 27.2 Å². The third-order valence-electron chi connectivity index (χ3n) is 4.15. The van der Waals surface area contributed by atoms with Crippen LogP contribution in [0, 0.1) is 0 Å². The number of nitrogens with zero attached hydrogens (tertiary/aromatic N) is 1. The van der Waals surface area contributed by atoms with Crippen LogP contribution in [-0.4, -0.2) is 70.3 Å². The van der Waals surface area contributed by atoms with Gasteiger partial charge in [-0.2, -0.15) is 0 Å². The summed E-state index contributed by atoms with van der Waals surface area (Å²) in [4.78, 5) is 59.7. The Morgan fingerprint density at radius 3 is 2.32 bits per heavy atom. The van der Waals surface area contributed by atoms with E-state index in [4.69, 9.17) is 18.9 Å². The molecule has 0 aromatic carbocycles. The Morgan fingerprint density at radius 1 is 1.18 bits per heavy atom. The molecule has 2 aliphatic rings. The van der Waals surface area contributed by atoms with Gasteiger partial charge in [-0.3, -0.25) is 29.4 Å². The molecular formula is C16H21BrN2O9. The first-order valence-corrected chi connectivity index (χ1v) is 9.18. The summed E-state index contributed by atoms with van der Waals surface area (Å²) in [5.41, 5.74) is 0. The lowest BCUT2D eigenvalue weighted by molar-refractivity contribution is -0.178. The number of nitrogens with one attached hydrogen (secondary N) is 1. The van der Waals surface area contributed by atoms with Crippen LogP contribution in [0.2, 0.25) is 0 Å². The molecule has 5 unspecified atom stereocenters. The Labute approximate surface area is 169 Å². The van der Waals surface area contributed by atoms with Crippen LogP contribution in [-0.2, 0) is 38.1 Å². The number of halogens is 1. The van der Waals surface area contributed by atoms with Crippen molar-refractivity contribution in [2.75, 3.05) is 6.61 Å². The van der Waals surface area contributed by atoms with Gasteiger partial charge in [-0.1, -0.05) is 15.9 Å². The number of urea groups is 1. The number of carbonyl (C=O) groups is 5. The first kappa shape index (κ1) is 22.1.